The number of thiophene rings is 1. The topological polar surface area (TPSA) is 113 Å². The van der Waals surface area contributed by atoms with Crippen LogP contribution in [0.2, 0.25) is 0 Å². The molecule has 1 aliphatic heterocycles. The number of rotatable bonds is 4. The number of pyridine rings is 1. The van der Waals surface area contributed by atoms with E-state index in [-0.39, 0.29) is 27.7 Å². The van der Waals surface area contributed by atoms with Gasteiger partial charge in [0.1, 0.15) is 16.2 Å². The van der Waals surface area contributed by atoms with Gasteiger partial charge >= 0.3 is 0 Å². The number of hydrogen-bond donors (Lipinski definition) is 3. The number of para-hydroxylation sites is 2. The van der Waals surface area contributed by atoms with E-state index < -0.39 is 15.6 Å². The van der Waals surface area contributed by atoms with Gasteiger partial charge in [-0.05, 0) is 48.2 Å². The average Bonchev–Trinajstić information content (AvgIpc) is 3.18. The van der Waals surface area contributed by atoms with Crippen LogP contribution in [0.3, 0.4) is 0 Å². The van der Waals surface area contributed by atoms with E-state index >= 15 is 0 Å². The molecule has 3 heterocycles. The second-order valence-corrected chi connectivity index (χ2v) is 9.85. The molecule has 5 rings (SSSR count). The second-order valence-electron chi connectivity index (χ2n) is 7.28. The van der Waals surface area contributed by atoms with Crippen LogP contribution >= 0.6 is 11.3 Å². The second kappa shape index (κ2) is 7.50. The van der Waals surface area contributed by atoms with Crippen LogP contribution in [0.25, 0.3) is 10.9 Å². The molecule has 4 aromatic rings. The van der Waals surface area contributed by atoms with E-state index in [4.69, 9.17) is 0 Å². The fraction of sp³-hybridized carbons (Fsp3) is 0.0909. The lowest BCUT2D eigenvalue weighted by Gasteiger charge is -2.21. The zero-order valence-electron chi connectivity index (χ0n) is 16.9. The Labute approximate surface area is 187 Å². The molecule has 0 saturated heterocycles. The van der Waals surface area contributed by atoms with Crippen molar-refractivity contribution in [3.05, 3.63) is 86.3 Å². The third-order valence-corrected chi connectivity index (χ3v) is 7.64. The fourth-order valence-electron chi connectivity index (χ4n) is 3.66. The number of fused-ring (bicyclic) bond motifs is 2. The molecule has 0 amide bonds. The summed E-state index contributed by atoms with van der Waals surface area (Å²) >= 11 is 1.56. The highest BCUT2D eigenvalue weighted by Crippen LogP contribution is 2.32. The van der Waals surface area contributed by atoms with E-state index in [1.165, 1.54) is 10.7 Å². The van der Waals surface area contributed by atoms with Crippen molar-refractivity contribution in [2.24, 2.45) is 4.40 Å². The molecule has 0 fully saturated rings. The van der Waals surface area contributed by atoms with E-state index in [0.717, 1.165) is 10.4 Å². The maximum absolute atomic E-state index is 13.5. The van der Waals surface area contributed by atoms with Crippen LogP contribution in [0.1, 0.15) is 16.0 Å². The predicted molar refractivity (Wildman–Crippen MR) is 126 cm³/mol. The van der Waals surface area contributed by atoms with E-state index in [0.29, 0.717) is 17.4 Å². The molecule has 0 unspecified atom stereocenters. The Balaban J connectivity index is 1.70. The zero-order chi connectivity index (χ0) is 22.5. The van der Waals surface area contributed by atoms with Crippen molar-refractivity contribution in [1.82, 2.24) is 4.68 Å². The molecule has 2 aromatic heterocycles. The number of amidine groups is 1. The summed E-state index contributed by atoms with van der Waals surface area (Å²) in [5, 5.41) is 16.2. The fourth-order valence-corrected chi connectivity index (χ4v) is 5.62. The van der Waals surface area contributed by atoms with Gasteiger partial charge in [0, 0.05) is 10.3 Å². The molecule has 162 valence electrons. The summed E-state index contributed by atoms with van der Waals surface area (Å²) in [5.74, 6) is -0.559. The number of benzene rings is 2. The highest BCUT2D eigenvalue weighted by Gasteiger charge is 2.29. The van der Waals surface area contributed by atoms with Crippen molar-refractivity contribution >= 4 is 43.8 Å². The van der Waals surface area contributed by atoms with Gasteiger partial charge in [0.25, 0.3) is 15.6 Å². The SMILES string of the molecule is Cc1ccsc1CNn1c(=O)c(C2=NS(=O)(=O)c3ccccc3N2)c(O)c2ccccc21. The monoisotopic (exact) mass is 466 g/mol. The summed E-state index contributed by atoms with van der Waals surface area (Å²) in [7, 11) is -4.04. The van der Waals surface area contributed by atoms with Gasteiger partial charge in [0.15, 0.2) is 5.84 Å². The maximum atomic E-state index is 13.5. The number of anilines is 1. The number of aryl methyl sites for hydroxylation is 1. The van der Waals surface area contributed by atoms with E-state index in [1.54, 1.807) is 53.8 Å². The molecular formula is C22H18N4O4S2. The van der Waals surface area contributed by atoms with Gasteiger partial charge in [-0.15, -0.1) is 15.7 Å². The first-order valence-electron chi connectivity index (χ1n) is 9.72. The zero-order valence-corrected chi connectivity index (χ0v) is 18.5. The van der Waals surface area contributed by atoms with Crippen molar-refractivity contribution in [3.63, 3.8) is 0 Å². The summed E-state index contributed by atoms with van der Waals surface area (Å²) in [4.78, 5) is 14.6. The Hall–Kier alpha value is -3.63. The summed E-state index contributed by atoms with van der Waals surface area (Å²) in [5.41, 5.74) is 4.13. The van der Waals surface area contributed by atoms with Crippen LogP contribution in [0.4, 0.5) is 5.69 Å². The van der Waals surface area contributed by atoms with E-state index in [1.807, 2.05) is 18.4 Å². The molecular weight excluding hydrogens is 448 g/mol. The minimum atomic E-state index is -4.04. The van der Waals surface area contributed by atoms with Gasteiger partial charge in [0.2, 0.25) is 0 Å². The van der Waals surface area contributed by atoms with Crippen LogP contribution in [-0.2, 0) is 16.6 Å². The Morgan fingerprint density at radius 3 is 2.66 bits per heavy atom. The van der Waals surface area contributed by atoms with Crippen LogP contribution in [0.5, 0.6) is 5.75 Å². The smallest absolute Gasteiger partial charge is 0.286 e. The third kappa shape index (κ3) is 3.24. The highest BCUT2D eigenvalue weighted by molar-refractivity contribution is 7.90. The number of nitrogens with zero attached hydrogens (tertiary/aromatic N) is 2. The molecule has 10 heteroatoms. The first kappa shape index (κ1) is 20.3. The minimum Gasteiger partial charge on any atom is -0.506 e. The summed E-state index contributed by atoms with van der Waals surface area (Å²) < 4.78 is 30.5. The number of aromatic nitrogens is 1. The lowest BCUT2D eigenvalue weighted by molar-refractivity contribution is 0.478. The summed E-state index contributed by atoms with van der Waals surface area (Å²) in [6.07, 6.45) is 0. The van der Waals surface area contributed by atoms with Gasteiger partial charge in [0.05, 0.1) is 17.7 Å². The van der Waals surface area contributed by atoms with Crippen LogP contribution in [0.15, 0.2) is 74.1 Å². The number of hydrogen-bond acceptors (Lipinski definition) is 7. The molecule has 0 atom stereocenters. The van der Waals surface area contributed by atoms with Crippen molar-refractivity contribution in [1.29, 1.82) is 0 Å². The Morgan fingerprint density at radius 1 is 1.12 bits per heavy atom. The Morgan fingerprint density at radius 2 is 1.88 bits per heavy atom. The van der Waals surface area contributed by atoms with Crippen molar-refractivity contribution in [2.45, 2.75) is 18.4 Å². The minimum absolute atomic E-state index is 0.00986. The van der Waals surface area contributed by atoms with E-state index in [9.17, 15) is 18.3 Å². The van der Waals surface area contributed by atoms with Crippen molar-refractivity contribution in [2.75, 3.05) is 10.7 Å². The molecule has 1 aliphatic rings. The van der Waals surface area contributed by atoms with Gasteiger partial charge in [-0.1, -0.05) is 24.3 Å². The summed E-state index contributed by atoms with van der Waals surface area (Å²) in [6, 6.07) is 15.1. The average molecular weight is 467 g/mol. The van der Waals surface area contributed by atoms with Crippen molar-refractivity contribution in [3.8, 4) is 5.75 Å². The van der Waals surface area contributed by atoms with Crippen LogP contribution in [-0.4, -0.2) is 24.0 Å². The molecule has 0 radical (unpaired) electrons. The molecule has 0 aliphatic carbocycles. The lowest BCUT2D eigenvalue weighted by atomic mass is 10.1. The van der Waals surface area contributed by atoms with Gasteiger partial charge in [-0.2, -0.15) is 8.42 Å². The van der Waals surface area contributed by atoms with Crippen LogP contribution < -0.4 is 16.3 Å². The maximum Gasteiger partial charge on any atom is 0.286 e. The standard InChI is InChI=1S/C22H18N4O4S2/c1-13-10-11-31-17(13)12-23-26-16-8-4-2-6-14(16)20(27)19(22(26)28)21-24-15-7-3-5-9-18(15)32(29,30)25-21/h2-11,23,27H,12H2,1H3,(H,24,25). The van der Waals surface area contributed by atoms with E-state index in [2.05, 4.69) is 15.1 Å². The normalized spacial score (nSPS) is 14.5. The highest BCUT2D eigenvalue weighted by atomic mass is 32.2. The Bertz CT molecular complexity index is 1570. The summed E-state index contributed by atoms with van der Waals surface area (Å²) in [6.45, 7) is 2.37. The molecule has 0 saturated carbocycles. The lowest BCUT2D eigenvalue weighted by Crippen LogP contribution is -2.36. The van der Waals surface area contributed by atoms with Gasteiger partial charge in [-0.3, -0.25) is 4.79 Å². The molecule has 3 N–H and O–H groups in total. The molecule has 2 aromatic carbocycles. The van der Waals surface area contributed by atoms with Crippen LogP contribution in [0, 0.1) is 6.92 Å². The molecule has 8 nitrogen and oxygen atoms in total. The number of sulfonamides is 1. The predicted octanol–water partition coefficient (Wildman–Crippen LogP) is 3.38. The van der Waals surface area contributed by atoms with Gasteiger partial charge < -0.3 is 15.8 Å². The Kier molecular flexibility index (Phi) is 4.75. The quantitative estimate of drug-likeness (QED) is 0.425. The number of nitrogens with one attached hydrogen (secondary N) is 2. The first-order chi connectivity index (χ1) is 15.4. The molecule has 0 spiro atoms. The molecule has 32 heavy (non-hydrogen) atoms. The number of aromatic hydroxyl groups is 1. The third-order valence-electron chi connectivity index (χ3n) is 5.29. The van der Waals surface area contributed by atoms with Gasteiger partial charge in [-0.25, -0.2) is 4.68 Å². The largest absolute Gasteiger partial charge is 0.506 e. The van der Waals surface area contributed by atoms with Crippen molar-refractivity contribution < 1.29 is 13.5 Å². The first-order valence-corrected chi connectivity index (χ1v) is 12.0. The molecule has 0 bridgehead atoms.